The number of para-hydroxylation sites is 2. The quantitative estimate of drug-likeness (QED) is 0.170. The van der Waals surface area contributed by atoms with Gasteiger partial charge in [-0.25, -0.2) is 15.0 Å². The minimum atomic E-state index is 0.593. The van der Waals surface area contributed by atoms with E-state index in [0.717, 1.165) is 82.5 Å². The van der Waals surface area contributed by atoms with Gasteiger partial charge in [0.05, 0.1) is 0 Å². The van der Waals surface area contributed by atoms with Crippen molar-refractivity contribution in [3.8, 4) is 45.3 Å². The molecule has 0 amide bonds. The third-order valence-electron chi connectivity index (χ3n) is 11.1. The fourth-order valence-corrected chi connectivity index (χ4v) is 8.32. The van der Waals surface area contributed by atoms with Crippen LogP contribution in [0.3, 0.4) is 0 Å². The number of nitrogens with zero attached hydrogens (tertiary/aromatic N) is 3. The highest BCUT2D eigenvalue weighted by molar-refractivity contribution is 6.13. The summed E-state index contributed by atoms with van der Waals surface area (Å²) >= 11 is 0. The molecule has 3 heterocycles. The van der Waals surface area contributed by atoms with E-state index in [1.165, 1.54) is 21.5 Å². The van der Waals surface area contributed by atoms with E-state index in [0.29, 0.717) is 17.5 Å². The molecule has 0 unspecified atom stereocenters. The number of rotatable bonds is 4. The Morgan fingerprint density at radius 1 is 0.286 bits per heavy atom. The molecule has 3 aromatic heterocycles. The predicted octanol–water partition coefficient (Wildman–Crippen LogP) is 13.8. The first kappa shape index (κ1) is 30.8. The van der Waals surface area contributed by atoms with Crippen LogP contribution >= 0.6 is 0 Å². The molecule has 0 spiro atoms. The Kier molecular flexibility index (Phi) is 6.56. The minimum absolute atomic E-state index is 0.593. The normalized spacial score (nSPS) is 11.9. The van der Waals surface area contributed by atoms with Gasteiger partial charge >= 0.3 is 0 Å². The number of aromatic nitrogens is 3. The Balaban J connectivity index is 1.00. The second-order valence-corrected chi connectivity index (χ2v) is 14.4. The van der Waals surface area contributed by atoms with Gasteiger partial charge in [0.25, 0.3) is 0 Å². The fraction of sp³-hybridized carbons (Fsp3) is 0. The number of benzene rings is 9. The molecule has 12 rings (SSSR count). The molecule has 0 aliphatic rings. The summed E-state index contributed by atoms with van der Waals surface area (Å²) in [6, 6.07) is 61.2. The summed E-state index contributed by atoms with van der Waals surface area (Å²) in [4.78, 5) is 15.5. The Morgan fingerprint density at radius 2 is 0.875 bits per heavy atom. The molecule has 0 fully saturated rings. The number of furan rings is 2. The first-order valence-electron chi connectivity index (χ1n) is 18.7. The van der Waals surface area contributed by atoms with E-state index >= 15 is 0 Å². The van der Waals surface area contributed by atoms with Crippen LogP contribution in [0, 0.1) is 0 Å². The maximum absolute atomic E-state index is 6.27. The average molecular weight is 716 g/mol. The summed E-state index contributed by atoms with van der Waals surface area (Å²) in [6.07, 6.45) is 0. The molecular weight excluding hydrogens is 687 g/mol. The summed E-state index contributed by atoms with van der Waals surface area (Å²) in [6.45, 7) is 0. The Bertz CT molecular complexity index is 3540. The molecule has 12 aromatic rings. The highest BCUT2D eigenvalue weighted by atomic mass is 16.3. The lowest BCUT2D eigenvalue weighted by atomic mass is 9.99. The second kappa shape index (κ2) is 11.9. The molecule has 0 N–H and O–H groups in total. The topological polar surface area (TPSA) is 65.0 Å². The van der Waals surface area contributed by atoms with Crippen LogP contribution < -0.4 is 0 Å². The van der Waals surface area contributed by atoms with Crippen molar-refractivity contribution in [1.82, 2.24) is 15.0 Å². The third-order valence-corrected chi connectivity index (χ3v) is 11.1. The SMILES string of the molecule is c1ccc2c(c1)ccc1ccc(-c3nc(-c4ccc(-c5ccc6cc7c(cc6c5)oc5ccccc57)cc4)nc(-c4cccc5oc6ccccc6c45)n3)cc12. The lowest BCUT2D eigenvalue weighted by Gasteiger charge is -2.11. The van der Waals surface area contributed by atoms with Crippen LogP contribution in [0.15, 0.2) is 185 Å². The molecule has 0 saturated heterocycles. The summed E-state index contributed by atoms with van der Waals surface area (Å²) in [7, 11) is 0. The molecule has 9 aromatic carbocycles. The van der Waals surface area contributed by atoms with Crippen molar-refractivity contribution in [3.05, 3.63) is 176 Å². The molecule has 5 heteroatoms. The molecule has 0 aliphatic heterocycles. The highest BCUT2D eigenvalue weighted by Gasteiger charge is 2.18. The Labute approximate surface area is 320 Å². The lowest BCUT2D eigenvalue weighted by molar-refractivity contribution is 0.669. The molecule has 56 heavy (non-hydrogen) atoms. The van der Waals surface area contributed by atoms with Crippen molar-refractivity contribution >= 4 is 76.2 Å². The first-order valence-corrected chi connectivity index (χ1v) is 18.7. The van der Waals surface area contributed by atoms with Gasteiger partial charge in [0.15, 0.2) is 17.5 Å². The average Bonchev–Trinajstić information content (AvgIpc) is 3.83. The molecule has 5 nitrogen and oxygen atoms in total. The van der Waals surface area contributed by atoms with Gasteiger partial charge in [-0.3, -0.25) is 0 Å². The molecule has 260 valence electrons. The van der Waals surface area contributed by atoms with Crippen molar-refractivity contribution in [2.24, 2.45) is 0 Å². The summed E-state index contributed by atoms with van der Waals surface area (Å²) < 4.78 is 12.5. The van der Waals surface area contributed by atoms with E-state index in [1.54, 1.807) is 0 Å². The van der Waals surface area contributed by atoms with Crippen molar-refractivity contribution in [3.63, 3.8) is 0 Å². The van der Waals surface area contributed by atoms with Gasteiger partial charge in [-0.15, -0.1) is 0 Å². The van der Waals surface area contributed by atoms with Crippen LogP contribution in [0.5, 0.6) is 0 Å². The maximum Gasteiger partial charge on any atom is 0.164 e. The molecule has 0 atom stereocenters. The molecule has 0 radical (unpaired) electrons. The smallest absolute Gasteiger partial charge is 0.164 e. The zero-order valence-corrected chi connectivity index (χ0v) is 29.9. The van der Waals surface area contributed by atoms with Gasteiger partial charge in [-0.1, -0.05) is 133 Å². The first-order chi connectivity index (χ1) is 27.7. The van der Waals surface area contributed by atoms with Gasteiger partial charge in [0, 0.05) is 38.2 Å². The van der Waals surface area contributed by atoms with Crippen LogP contribution in [0.1, 0.15) is 0 Å². The van der Waals surface area contributed by atoms with E-state index in [9.17, 15) is 0 Å². The zero-order chi connectivity index (χ0) is 36.7. The molecule has 0 bridgehead atoms. The van der Waals surface area contributed by atoms with Crippen molar-refractivity contribution in [2.75, 3.05) is 0 Å². The van der Waals surface area contributed by atoms with E-state index in [-0.39, 0.29) is 0 Å². The molecule has 0 aliphatic carbocycles. The highest BCUT2D eigenvalue weighted by Crippen LogP contribution is 2.38. The Hall–Kier alpha value is -7.63. The van der Waals surface area contributed by atoms with E-state index in [4.69, 9.17) is 23.8 Å². The van der Waals surface area contributed by atoms with Crippen LogP contribution in [0.2, 0.25) is 0 Å². The molecular formula is C51H29N3O2. The summed E-state index contributed by atoms with van der Waals surface area (Å²) in [5.41, 5.74) is 8.38. The third kappa shape index (κ3) is 4.84. The van der Waals surface area contributed by atoms with Crippen LogP contribution in [-0.4, -0.2) is 15.0 Å². The summed E-state index contributed by atoms with van der Waals surface area (Å²) in [5, 5.41) is 11.3. The van der Waals surface area contributed by atoms with Crippen LogP contribution in [0.25, 0.3) is 121 Å². The maximum atomic E-state index is 6.27. The van der Waals surface area contributed by atoms with Crippen LogP contribution in [0.4, 0.5) is 0 Å². The van der Waals surface area contributed by atoms with Crippen molar-refractivity contribution in [2.45, 2.75) is 0 Å². The monoisotopic (exact) mass is 715 g/mol. The van der Waals surface area contributed by atoms with Gasteiger partial charge < -0.3 is 8.83 Å². The number of fused-ring (bicyclic) bond motifs is 10. The number of hydrogen-bond acceptors (Lipinski definition) is 5. The number of hydrogen-bond donors (Lipinski definition) is 0. The minimum Gasteiger partial charge on any atom is -0.456 e. The fourth-order valence-electron chi connectivity index (χ4n) is 8.32. The second-order valence-electron chi connectivity index (χ2n) is 14.4. The van der Waals surface area contributed by atoms with Gasteiger partial charge in [-0.05, 0) is 85.9 Å². The Morgan fingerprint density at radius 3 is 1.73 bits per heavy atom. The van der Waals surface area contributed by atoms with E-state index in [2.05, 4.69) is 133 Å². The van der Waals surface area contributed by atoms with Crippen molar-refractivity contribution in [1.29, 1.82) is 0 Å². The van der Waals surface area contributed by atoms with Crippen molar-refractivity contribution < 1.29 is 8.83 Å². The summed E-state index contributed by atoms with van der Waals surface area (Å²) in [5.74, 6) is 1.81. The van der Waals surface area contributed by atoms with E-state index < -0.39 is 0 Å². The van der Waals surface area contributed by atoms with Gasteiger partial charge in [-0.2, -0.15) is 0 Å². The van der Waals surface area contributed by atoms with Gasteiger partial charge in [0.1, 0.15) is 22.3 Å². The zero-order valence-electron chi connectivity index (χ0n) is 29.9. The van der Waals surface area contributed by atoms with E-state index in [1.807, 2.05) is 42.5 Å². The van der Waals surface area contributed by atoms with Crippen LogP contribution in [-0.2, 0) is 0 Å². The largest absolute Gasteiger partial charge is 0.456 e. The van der Waals surface area contributed by atoms with Gasteiger partial charge in [0.2, 0.25) is 0 Å². The molecule has 0 saturated carbocycles. The lowest BCUT2D eigenvalue weighted by Crippen LogP contribution is -2.00. The standard InChI is InChI=1S/C51H29N3O2/c1-2-9-38-31(8-1)18-19-32-20-25-36(28-42(32)38)50-52-49(53-51(54-50)41-12-7-15-46-48(41)40-11-4-6-14-45(40)55-46)33-21-16-30(17-22-33)34-23-24-35-27-43-39-10-3-5-13-44(39)56-47(43)29-37(35)26-34/h1-29H. The predicted molar refractivity (Wildman–Crippen MR) is 229 cm³/mol.